The third-order valence-corrected chi connectivity index (χ3v) is 2.47. The highest BCUT2D eigenvalue weighted by Crippen LogP contribution is 2.14. The van der Waals surface area contributed by atoms with Crippen LogP contribution >= 0.6 is 23.4 Å². The fourth-order valence-electron chi connectivity index (χ4n) is 0.795. The Hall–Kier alpha value is -0.650. The first kappa shape index (κ1) is 9.44. The molecule has 0 saturated heterocycles. The number of rotatable bonds is 3. The fraction of sp³-hybridized carbons (Fsp3) is 0.222. The smallest absolute Gasteiger partial charge is 0.0811 e. The summed E-state index contributed by atoms with van der Waals surface area (Å²) in [5.41, 5.74) is 1.21. The highest BCUT2D eigenvalue weighted by Gasteiger charge is 1.92. The quantitative estimate of drug-likeness (QED) is 0.696. The van der Waals surface area contributed by atoms with Crippen LogP contribution in [0.1, 0.15) is 5.56 Å². The molecule has 0 atom stereocenters. The molecule has 3 heteroatoms. The second-order valence-electron chi connectivity index (χ2n) is 2.28. The van der Waals surface area contributed by atoms with Crippen LogP contribution in [0, 0.1) is 11.3 Å². The second kappa shape index (κ2) is 5.08. The molecule has 0 aliphatic heterocycles. The third kappa shape index (κ3) is 3.17. The number of halogens is 1. The number of hydrogen-bond donors (Lipinski definition) is 0. The van der Waals surface area contributed by atoms with Gasteiger partial charge in [-0.2, -0.15) is 5.26 Å². The van der Waals surface area contributed by atoms with Crippen LogP contribution in [0.15, 0.2) is 24.3 Å². The topological polar surface area (TPSA) is 23.8 Å². The number of thioether (sulfide) groups is 1. The number of benzene rings is 1. The van der Waals surface area contributed by atoms with Crippen LogP contribution in [-0.2, 0) is 5.75 Å². The lowest BCUT2D eigenvalue weighted by Gasteiger charge is -1.97. The summed E-state index contributed by atoms with van der Waals surface area (Å²) in [5, 5.41) is 9.05. The summed E-state index contributed by atoms with van der Waals surface area (Å²) in [7, 11) is 0. The molecule has 1 aromatic carbocycles. The van der Waals surface area contributed by atoms with E-state index in [0.29, 0.717) is 5.75 Å². The molecule has 0 aliphatic carbocycles. The zero-order chi connectivity index (χ0) is 8.81. The Labute approximate surface area is 81.3 Å². The SMILES string of the molecule is N#CCSCc1ccc(Cl)cc1. The van der Waals surface area contributed by atoms with Gasteiger partial charge in [-0.15, -0.1) is 11.8 Å². The van der Waals surface area contributed by atoms with Gasteiger partial charge in [0.05, 0.1) is 11.8 Å². The van der Waals surface area contributed by atoms with E-state index in [9.17, 15) is 0 Å². The van der Waals surface area contributed by atoms with Gasteiger partial charge in [-0.05, 0) is 17.7 Å². The lowest BCUT2D eigenvalue weighted by Crippen LogP contribution is -1.80. The van der Waals surface area contributed by atoms with Crippen LogP contribution in [0.25, 0.3) is 0 Å². The minimum atomic E-state index is 0.544. The van der Waals surface area contributed by atoms with Crippen LogP contribution in [0.3, 0.4) is 0 Å². The molecule has 0 saturated carbocycles. The van der Waals surface area contributed by atoms with E-state index >= 15 is 0 Å². The Morgan fingerprint density at radius 3 is 2.58 bits per heavy atom. The molecule has 1 rings (SSSR count). The van der Waals surface area contributed by atoms with E-state index < -0.39 is 0 Å². The molecule has 62 valence electrons. The first-order chi connectivity index (χ1) is 5.83. The van der Waals surface area contributed by atoms with Crippen molar-refractivity contribution < 1.29 is 0 Å². The van der Waals surface area contributed by atoms with Crippen molar-refractivity contribution in [3.8, 4) is 6.07 Å². The predicted molar refractivity (Wildman–Crippen MR) is 53.2 cm³/mol. The molecule has 0 heterocycles. The van der Waals surface area contributed by atoms with E-state index in [-0.39, 0.29) is 0 Å². The van der Waals surface area contributed by atoms with Gasteiger partial charge in [-0.3, -0.25) is 0 Å². The van der Waals surface area contributed by atoms with Gasteiger partial charge in [0.15, 0.2) is 0 Å². The zero-order valence-corrected chi connectivity index (χ0v) is 8.03. The van der Waals surface area contributed by atoms with E-state index in [1.165, 1.54) is 5.56 Å². The molecule has 1 aromatic rings. The van der Waals surface area contributed by atoms with Gasteiger partial charge < -0.3 is 0 Å². The summed E-state index contributed by atoms with van der Waals surface area (Å²) in [4.78, 5) is 0. The fourth-order valence-corrected chi connectivity index (χ4v) is 1.54. The standard InChI is InChI=1S/C9H8ClNS/c10-9-3-1-8(2-4-9)7-12-6-5-11/h1-4H,6-7H2. The Morgan fingerprint density at radius 2 is 2.00 bits per heavy atom. The third-order valence-electron chi connectivity index (χ3n) is 1.35. The molecule has 0 aliphatic rings. The molecule has 1 nitrogen and oxygen atoms in total. The largest absolute Gasteiger partial charge is 0.197 e. The summed E-state index contributed by atoms with van der Waals surface area (Å²) in [6.45, 7) is 0. The van der Waals surface area contributed by atoms with Crippen molar-refractivity contribution in [1.29, 1.82) is 5.26 Å². The van der Waals surface area contributed by atoms with Gasteiger partial charge in [0.1, 0.15) is 0 Å². The monoisotopic (exact) mass is 197 g/mol. The van der Waals surface area contributed by atoms with Crippen molar-refractivity contribution in [3.63, 3.8) is 0 Å². The highest BCUT2D eigenvalue weighted by atomic mass is 35.5. The minimum Gasteiger partial charge on any atom is -0.197 e. The molecule has 0 radical (unpaired) electrons. The maximum absolute atomic E-state index is 8.30. The Morgan fingerprint density at radius 1 is 1.33 bits per heavy atom. The lowest BCUT2D eigenvalue weighted by atomic mass is 10.2. The molecule has 0 fully saturated rings. The minimum absolute atomic E-state index is 0.544. The normalized spacial score (nSPS) is 9.33. The molecule has 0 bridgehead atoms. The molecule has 0 aromatic heterocycles. The summed E-state index contributed by atoms with van der Waals surface area (Å²) in [5.74, 6) is 1.42. The Kier molecular flexibility index (Phi) is 3.99. The van der Waals surface area contributed by atoms with Crippen molar-refractivity contribution in [2.75, 3.05) is 5.75 Å². The first-order valence-electron chi connectivity index (χ1n) is 3.52. The molecule has 0 amide bonds. The lowest BCUT2D eigenvalue weighted by molar-refractivity contribution is 1.41. The van der Waals surface area contributed by atoms with E-state index in [2.05, 4.69) is 6.07 Å². The molecule has 12 heavy (non-hydrogen) atoms. The predicted octanol–water partition coefficient (Wildman–Crippen LogP) is 3.10. The number of nitrogens with zero attached hydrogens (tertiary/aromatic N) is 1. The van der Waals surface area contributed by atoms with Crippen LogP contribution < -0.4 is 0 Å². The maximum atomic E-state index is 8.30. The molecule has 0 spiro atoms. The number of hydrogen-bond acceptors (Lipinski definition) is 2. The summed E-state index contributed by atoms with van der Waals surface area (Å²) >= 11 is 7.32. The maximum Gasteiger partial charge on any atom is 0.0811 e. The molecular formula is C9H8ClNS. The van der Waals surface area contributed by atoms with Crippen molar-refractivity contribution in [2.45, 2.75) is 5.75 Å². The van der Waals surface area contributed by atoms with E-state index in [1.807, 2.05) is 24.3 Å². The number of nitriles is 1. The van der Waals surface area contributed by atoms with Gasteiger partial charge in [-0.25, -0.2) is 0 Å². The molecule has 0 N–H and O–H groups in total. The average Bonchev–Trinajstić information content (AvgIpc) is 2.09. The van der Waals surface area contributed by atoms with Gasteiger partial charge >= 0.3 is 0 Å². The summed E-state index contributed by atoms with van der Waals surface area (Å²) < 4.78 is 0. The van der Waals surface area contributed by atoms with Crippen LogP contribution in [0.4, 0.5) is 0 Å². The van der Waals surface area contributed by atoms with Crippen LogP contribution in [0.2, 0.25) is 5.02 Å². The highest BCUT2D eigenvalue weighted by molar-refractivity contribution is 7.98. The Balaban J connectivity index is 2.43. The van der Waals surface area contributed by atoms with Gasteiger partial charge in [-0.1, -0.05) is 23.7 Å². The van der Waals surface area contributed by atoms with Crippen molar-refractivity contribution in [1.82, 2.24) is 0 Å². The van der Waals surface area contributed by atoms with E-state index in [4.69, 9.17) is 16.9 Å². The average molecular weight is 198 g/mol. The zero-order valence-electron chi connectivity index (χ0n) is 6.46. The first-order valence-corrected chi connectivity index (χ1v) is 5.05. The van der Waals surface area contributed by atoms with Crippen LogP contribution in [0.5, 0.6) is 0 Å². The van der Waals surface area contributed by atoms with Crippen molar-refractivity contribution >= 4 is 23.4 Å². The van der Waals surface area contributed by atoms with Crippen molar-refractivity contribution in [3.05, 3.63) is 34.9 Å². The van der Waals surface area contributed by atoms with Gasteiger partial charge in [0.25, 0.3) is 0 Å². The van der Waals surface area contributed by atoms with Gasteiger partial charge in [0, 0.05) is 10.8 Å². The summed E-state index contributed by atoms with van der Waals surface area (Å²) in [6.07, 6.45) is 0. The molecule has 0 unspecified atom stereocenters. The van der Waals surface area contributed by atoms with E-state index in [0.717, 1.165) is 10.8 Å². The Bertz CT molecular complexity index is 276. The van der Waals surface area contributed by atoms with Crippen molar-refractivity contribution in [2.24, 2.45) is 0 Å². The van der Waals surface area contributed by atoms with E-state index in [1.54, 1.807) is 11.8 Å². The molecular weight excluding hydrogens is 190 g/mol. The van der Waals surface area contributed by atoms with Gasteiger partial charge in [0.2, 0.25) is 0 Å². The van der Waals surface area contributed by atoms with Crippen LogP contribution in [-0.4, -0.2) is 5.75 Å². The summed E-state index contributed by atoms with van der Waals surface area (Å²) in [6, 6.07) is 9.77. The second-order valence-corrected chi connectivity index (χ2v) is 3.70.